The van der Waals surface area contributed by atoms with Crippen LogP contribution in [0.3, 0.4) is 0 Å². The van der Waals surface area contributed by atoms with E-state index in [4.69, 9.17) is 5.73 Å². The normalized spacial score (nSPS) is 15.6. The van der Waals surface area contributed by atoms with Crippen LogP contribution >= 0.6 is 0 Å². The minimum atomic E-state index is -1.54. The fourth-order valence-corrected chi connectivity index (χ4v) is 4.21. The largest absolute Gasteiger partial charge is 0.508 e. The molecule has 3 rings (SSSR count). The minimum Gasteiger partial charge on any atom is -0.508 e. The van der Waals surface area contributed by atoms with E-state index >= 15 is 0 Å². The summed E-state index contributed by atoms with van der Waals surface area (Å²) in [6.07, 6.45) is -1.13. The summed E-state index contributed by atoms with van der Waals surface area (Å²) in [4.78, 5) is 54.1. The monoisotopic (exact) mass is 569 g/mol. The number of aromatic hydroxyl groups is 1. The number of fused-ring (bicyclic) bond motifs is 1. The zero-order chi connectivity index (χ0) is 30.3. The number of amides is 3. The Morgan fingerprint density at radius 1 is 0.829 bits per heavy atom. The highest BCUT2D eigenvalue weighted by Crippen LogP contribution is 2.19. The van der Waals surface area contributed by atoms with E-state index in [-0.39, 0.29) is 18.6 Å². The maximum atomic E-state index is 13.4. The van der Waals surface area contributed by atoms with E-state index < -0.39 is 60.1 Å². The number of aliphatic carboxylic acids is 1. The number of aliphatic hydroxyl groups excluding tert-OH is 2. The van der Waals surface area contributed by atoms with Crippen LogP contribution in [0.15, 0.2) is 54.7 Å². The predicted molar refractivity (Wildman–Crippen MR) is 149 cm³/mol. The van der Waals surface area contributed by atoms with Crippen LogP contribution in [0.4, 0.5) is 0 Å². The van der Waals surface area contributed by atoms with Crippen LogP contribution in [0.25, 0.3) is 10.9 Å². The van der Waals surface area contributed by atoms with E-state index in [0.29, 0.717) is 11.1 Å². The highest BCUT2D eigenvalue weighted by Gasteiger charge is 2.33. The Labute approximate surface area is 235 Å². The van der Waals surface area contributed by atoms with E-state index in [0.717, 1.165) is 10.9 Å². The number of hydrogen-bond acceptors (Lipinski definition) is 8. The summed E-state index contributed by atoms with van der Waals surface area (Å²) in [5.74, 6) is -3.97. The van der Waals surface area contributed by atoms with Crippen LogP contribution in [0.2, 0.25) is 0 Å². The Morgan fingerprint density at radius 3 is 2.07 bits per heavy atom. The minimum absolute atomic E-state index is 0.0187. The standard InChI is InChI=1S/C28H35N5O8/c1-14(34)23(29)26(38)33-24(15(2)35)27(39)31-21(11-16-7-9-18(36)10-8-16)25(37)32-22(28(40)41)12-17-13-30-20-6-4-3-5-19(17)20/h3-10,13-15,21-24,30,34-36H,11-12,29H2,1-2H3,(H,31,39)(H,32,37)(H,33,38)(H,40,41). The molecule has 41 heavy (non-hydrogen) atoms. The second-order valence-corrected chi connectivity index (χ2v) is 9.89. The molecule has 13 nitrogen and oxygen atoms in total. The predicted octanol–water partition coefficient (Wildman–Crippen LogP) is -0.713. The summed E-state index contributed by atoms with van der Waals surface area (Å²) < 4.78 is 0. The fraction of sp³-hybridized carbons (Fsp3) is 0.357. The van der Waals surface area contributed by atoms with Gasteiger partial charge in [-0.2, -0.15) is 0 Å². The molecule has 3 amide bonds. The molecule has 0 fully saturated rings. The highest BCUT2D eigenvalue weighted by atomic mass is 16.4. The summed E-state index contributed by atoms with van der Waals surface area (Å²) in [6.45, 7) is 2.53. The quantitative estimate of drug-likeness (QED) is 0.126. The van der Waals surface area contributed by atoms with Gasteiger partial charge in [-0.05, 0) is 43.2 Å². The van der Waals surface area contributed by atoms with Crippen molar-refractivity contribution in [1.29, 1.82) is 0 Å². The molecule has 0 saturated heterocycles. The molecule has 1 aromatic heterocycles. The molecular weight excluding hydrogens is 534 g/mol. The Bertz CT molecular complexity index is 1370. The molecule has 10 N–H and O–H groups in total. The molecule has 0 spiro atoms. The lowest BCUT2D eigenvalue weighted by molar-refractivity contribution is -0.142. The highest BCUT2D eigenvalue weighted by molar-refractivity contribution is 5.95. The maximum Gasteiger partial charge on any atom is 0.326 e. The van der Waals surface area contributed by atoms with Crippen molar-refractivity contribution >= 4 is 34.6 Å². The number of H-pyrrole nitrogens is 1. The Balaban J connectivity index is 1.83. The van der Waals surface area contributed by atoms with Crippen LogP contribution in [-0.2, 0) is 32.0 Å². The molecule has 0 saturated carbocycles. The number of phenols is 1. The zero-order valence-corrected chi connectivity index (χ0v) is 22.6. The molecule has 2 aromatic carbocycles. The van der Waals surface area contributed by atoms with Crippen molar-refractivity contribution in [3.63, 3.8) is 0 Å². The number of benzene rings is 2. The number of phenolic OH excluding ortho intramolecular Hbond substituents is 1. The van der Waals surface area contributed by atoms with Crippen molar-refractivity contribution in [2.75, 3.05) is 0 Å². The Kier molecular flexibility index (Phi) is 10.4. The van der Waals surface area contributed by atoms with Gasteiger partial charge >= 0.3 is 5.97 Å². The smallest absolute Gasteiger partial charge is 0.326 e. The number of carbonyl (C=O) groups excluding carboxylic acids is 3. The van der Waals surface area contributed by atoms with Gasteiger partial charge in [0.1, 0.15) is 29.9 Å². The van der Waals surface area contributed by atoms with Crippen molar-refractivity contribution < 1.29 is 39.6 Å². The summed E-state index contributed by atoms with van der Waals surface area (Å²) >= 11 is 0. The first kappa shape index (κ1) is 31.1. The SMILES string of the molecule is CC(O)C(N)C(=O)NC(C(=O)NC(Cc1ccc(O)cc1)C(=O)NC(Cc1c[nH]c2ccccc12)C(=O)O)C(C)O. The first-order valence-electron chi connectivity index (χ1n) is 13.0. The molecule has 0 aliphatic rings. The third-order valence-electron chi connectivity index (χ3n) is 6.61. The van der Waals surface area contributed by atoms with Crippen molar-refractivity contribution in [2.45, 2.75) is 63.1 Å². The van der Waals surface area contributed by atoms with E-state index in [1.807, 2.05) is 24.3 Å². The number of aromatic amines is 1. The van der Waals surface area contributed by atoms with E-state index in [9.17, 15) is 39.6 Å². The van der Waals surface area contributed by atoms with Gasteiger partial charge in [-0.25, -0.2) is 4.79 Å². The van der Waals surface area contributed by atoms with Crippen molar-refractivity contribution in [3.05, 3.63) is 65.9 Å². The topological polar surface area (TPSA) is 227 Å². The molecule has 6 atom stereocenters. The van der Waals surface area contributed by atoms with E-state index in [1.165, 1.54) is 38.1 Å². The van der Waals surface area contributed by atoms with Crippen LogP contribution in [0.1, 0.15) is 25.0 Å². The van der Waals surface area contributed by atoms with Crippen LogP contribution in [-0.4, -0.2) is 85.5 Å². The molecule has 0 aliphatic carbocycles. The second-order valence-electron chi connectivity index (χ2n) is 9.89. The molecule has 220 valence electrons. The van der Waals surface area contributed by atoms with Gasteiger partial charge in [0.15, 0.2) is 0 Å². The number of aromatic nitrogens is 1. The number of nitrogens with two attached hydrogens (primary N) is 1. The number of carboxylic acids is 1. The lowest BCUT2D eigenvalue weighted by Crippen LogP contribution is -2.61. The summed E-state index contributed by atoms with van der Waals surface area (Å²) in [5.41, 5.74) is 7.62. The van der Waals surface area contributed by atoms with Gasteiger partial charge in [0.05, 0.1) is 12.2 Å². The van der Waals surface area contributed by atoms with Gasteiger partial charge in [0.2, 0.25) is 17.7 Å². The molecular formula is C28H35N5O8. The summed E-state index contributed by atoms with van der Waals surface area (Å²) in [7, 11) is 0. The van der Waals surface area contributed by atoms with Gasteiger partial charge in [-0.1, -0.05) is 30.3 Å². The lowest BCUT2D eigenvalue weighted by atomic mass is 10.0. The first-order valence-corrected chi connectivity index (χ1v) is 13.0. The number of hydrogen-bond donors (Lipinski definition) is 9. The average Bonchev–Trinajstić information content (AvgIpc) is 3.33. The average molecular weight is 570 g/mol. The molecule has 6 unspecified atom stereocenters. The zero-order valence-electron chi connectivity index (χ0n) is 22.6. The molecule has 0 aliphatic heterocycles. The first-order chi connectivity index (χ1) is 19.4. The molecule has 1 heterocycles. The van der Waals surface area contributed by atoms with Crippen LogP contribution < -0.4 is 21.7 Å². The number of para-hydroxylation sites is 1. The number of rotatable bonds is 13. The van der Waals surface area contributed by atoms with Crippen LogP contribution in [0, 0.1) is 0 Å². The second kappa shape index (κ2) is 13.7. The number of carbonyl (C=O) groups is 4. The molecule has 3 aromatic rings. The van der Waals surface area contributed by atoms with Gasteiger partial charge in [-0.3, -0.25) is 14.4 Å². The van der Waals surface area contributed by atoms with E-state index in [1.54, 1.807) is 6.20 Å². The third-order valence-corrected chi connectivity index (χ3v) is 6.61. The van der Waals surface area contributed by atoms with Gasteiger partial charge < -0.3 is 47.1 Å². The van der Waals surface area contributed by atoms with Crippen molar-refractivity contribution in [3.8, 4) is 5.75 Å². The van der Waals surface area contributed by atoms with Gasteiger partial charge in [-0.15, -0.1) is 0 Å². The summed E-state index contributed by atoms with van der Waals surface area (Å²) in [6, 6.07) is 7.53. The molecule has 0 bridgehead atoms. The number of aliphatic hydroxyl groups is 2. The van der Waals surface area contributed by atoms with Gasteiger partial charge in [0, 0.05) is 29.9 Å². The Morgan fingerprint density at radius 2 is 1.46 bits per heavy atom. The number of carboxylic acid groups (broad SMARTS) is 1. The molecule has 0 radical (unpaired) electrons. The van der Waals surface area contributed by atoms with Crippen molar-refractivity contribution in [2.24, 2.45) is 5.73 Å². The van der Waals surface area contributed by atoms with E-state index in [2.05, 4.69) is 20.9 Å². The van der Waals surface area contributed by atoms with Gasteiger partial charge in [0.25, 0.3) is 0 Å². The third kappa shape index (κ3) is 8.27. The lowest BCUT2D eigenvalue weighted by Gasteiger charge is -2.27. The number of nitrogens with one attached hydrogen (secondary N) is 4. The summed E-state index contributed by atoms with van der Waals surface area (Å²) in [5, 5.41) is 47.3. The van der Waals surface area contributed by atoms with Crippen molar-refractivity contribution in [1.82, 2.24) is 20.9 Å². The van der Waals surface area contributed by atoms with Crippen LogP contribution in [0.5, 0.6) is 5.75 Å². The molecule has 13 heteroatoms. The fourth-order valence-electron chi connectivity index (χ4n) is 4.21. The maximum absolute atomic E-state index is 13.4. The Hall–Kier alpha value is -4.46.